The molecule has 5 nitrogen and oxygen atoms in total. The van der Waals surface area contributed by atoms with Crippen LogP contribution in [-0.4, -0.2) is 34.5 Å². The molecule has 0 unspecified atom stereocenters. The molecule has 0 saturated heterocycles. The minimum absolute atomic E-state index is 0.152. The zero-order chi connectivity index (χ0) is 23.3. The predicted molar refractivity (Wildman–Crippen MR) is 136 cm³/mol. The molecule has 0 aliphatic carbocycles. The standard InChI is InChI=1S/C27H29NO4Si/c1-4-30-33(31-5-2,32-6-3)24-16-14-23(15-17-24)28-27(29)22-13-18-26-21(19-22)12-11-20-9-7-8-10-25(20)26/h7-19H,4-6H2,1-3H3,(H,28,29). The lowest BCUT2D eigenvalue weighted by Crippen LogP contribution is -2.56. The van der Waals surface area contributed by atoms with Crippen LogP contribution in [-0.2, 0) is 13.3 Å². The van der Waals surface area contributed by atoms with Crippen molar-refractivity contribution in [1.82, 2.24) is 0 Å². The SMILES string of the molecule is CCO[Si](OCC)(OCC)c1ccc(NC(=O)c2ccc3c(ccc4ccccc43)c2)cc1. The molecule has 6 heteroatoms. The summed E-state index contributed by atoms with van der Waals surface area (Å²) in [6.45, 7) is 7.30. The molecule has 0 aliphatic rings. The van der Waals surface area contributed by atoms with E-state index in [4.69, 9.17) is 13.3 Å². The third-order valence-electron chi connectivity index (χ3n) is 5.51. The van der Waals surface area contributed by atoms with Gasteiger partial charge in [0.15, 0.2) is 0 Å². The molecule has 0 saturated carbocycles. The van der Waals surface area contributed by atoms with E-state index in [0.29, 0.717) is 31.1 Å². The lowest BCUT2D eigenvalue weighted by Gasteiger charge is -2.28. The second-order valence-electron chi connectivity index (χ2n) is 7.61. The number of hydrogen-bond acceptors (Lipinski definition) is 4. The van der Waals surface area contributed by atoms with Crippen molar-refractivity contribution < 1.29 is 18.1 Å². The first-order chi connectivity index (χ1) is 16.1. The third-order valence-corrected chi connectivity index (χ3v) is 8.55. The minimum Gasteiger partial charge on any atom is -0.370 e. The van der Waals surface area contributed by atoms with Gasteiger partial charge in [-0.2, -0.15) is 0 Å². The van der Waals surface area contributed by atoms with Crippen molar-refractivity contribution in [3.05, 3.63) is 84.4 Å². The molecule has 0 aliphatic heterocycles. The molecule has 4 aromatic carbocycles. The molecule has 1 N–H and O–H groups in total. The van der Waals surface area contributed by atoms with E-state index in [1.165, 1.54) is 10.8 Å². The van der Waals surface area contributed by atoms with Gasteiger partial charge in [-0.05, 0) is 66.6 Å². The third kappa shape index (κ3) is 4.84. The Labute approximate surface area is 195 Å². The molecule has 170 valence electrons. The lowest BCUT2D eigenvalue weighted by molar-refractivity contribution is 0.0859. The summed E-state index contributed by atoms with van der Waals surface area (Å²) in [5, 5.41) is 8.42. The van der Waals surface area contributed by atoms with Crippen LogP contribution in [0.1, 0.15) is 31.1 Å². The van der Waals surface area contributed by atoms with E-state index in [-0.39, 0.29) is 5.91 Å². The first-order valence-electron chi connectivity index (χ1n) is 11.4. The molecule has 4 rings (SSSR count). The van der Waals surface area contributed by atoms with E-state index in [1.807, 2.05) is 75.4 Å². The number of fused-ring (bicyclic) bond motifs is 3. The average molecular weight is 460 g/mol. The second-order valence-corrected chi connectivity index (χ2v) is 10.2. The molecule has 0 atom stereocenters. The number of benzene rings is 4. The average Bonchev–Trinajstić information content (AvgIpc) is 2.84. The van der Waals surface area contributed by atoms with Crippen molar-refractivity contribution in [1.29, 1.82) is 0 Å². The van der Waals surface area contributed by atoms with Crippen LogP contribution in [0.3, 0.4) is 0 Å². The van der Waals surface area contributed by atoms with Crippen LogP contribution >= 0.6 is 0 Å². The fourth-order valence-corrected chi connectivity index (χ4v) is 6.53. The minimum atomic E-state index is -2.96. The zero-order valence-electron chi connectivity index (χ0n) is 19.3. The highest BCUT2D eigenvalue weighted by atomic mass is 28.4. The van der Waals surface area contributed by atoms with Gasteiger partial charge in [0.25, 0.3) is 5.91 Å². The van der Waals surface area contributed by atoms with E-state index in [1.54, 1.807) is 0 Å². The molecule has 33 heavy (non-hydrogen) atoms. The van der Waals surface area contributed by atoms with Crippen LogP contribution in [0.2, 0.25) is 0 Å². The number of hydrogen-bond donors (Lipinski definition) is 1. The molecule has 0 bridgehead atoms. The highest BCUT2D eigenvalue weighted by molar-refractivity contribution is 6.75. The fourth-order valence-electron chi connectivity index (χ4n) is 4.06. The largest absolute Gasteiger partial charge is 0.537 e. The summed E-state index contributed by atoms with van der Waals surface area (Å²) in [5.74, 6) is -0.152. The maximum absolute atomic E-state index is 12.9. The Morgan fingerprint density at radius 3 is 2.00 bits per heavy atom. The molecule has 4 aromatic rings. The van der Waals surface area contributed by atoms with Gasteiger partial charge in [0.2, 0.25) is 0 Å². The van der Waals surface area contributed by atoms with Gasteiger partial charge in [-0.25, -0.2) is 0 Å². The molecule has 0 aromatic heterocycles. The maximum atomic E-state index is 12.9. The number of rotatable bonds is 9. The molecule has 1 amide bonds. The highest BCUT2D eigenvalue weighted by Crippen LogP contribution is 2.26. The number of carbonyl (C=O) groups is 1. The predicted octanol–water partition coefficient (Wildman–Crippen LogP) is 5.50. The van der Waals surface area contributed by atoms with Gasteiger partial charge in [-0.15, -0.1) is 0 Å². The quantitative estimate of drug-likeness (QED) is 0.265. The fraction of sp³-hybridized carbons (Fsp3) is 0.222. The van der Waals surface area contributed by atoms with E-state index >= 15 is 0 Å². The van der Waals surface area contributed by atoms with E-state index in [2.05, 4.69) is 29.6 Å². The van der Waals surface area contributed by atoms with Gasteiger partial charge in [0, 0.05) is 36.3 Å². The summed E-state index contributed by atoms with van der Waals surface area (Å²) >= 11 is 0. The molecule has 0 fully saturated rings. The number of amides is 1. The van der Waals surface area contributed by atoms with Crippen molar-refractivity contribution in [3.8, 4) is 0 Å². The van der Waals surface area contributed by atoms with Crippen molar-refractivity contribution >= 4 is 47.1 Å². The van der Waals surface area contributed by atoms with Gasteiger partial charge in [0.1, 0.15) is 0 Å². The summed E-state index contributed by atoms with van der Waals surface area (Å²) in [6, 6.07) is 25.8. The zero-order valence-corrected chi connectivity index (χ0v) is 20.3. The maximum Gasteiger partial charge on any atom is 0.537 e. The Bertz CT molecular complexity index is 1240. The Kier molecular flexibility index (Phi) is 7.20. The van der Waals surface area contributed by atoms with Crippen molar-refractivity contribution in [2.45, 2.75) is 20.8 Å². The Balaban J connectivity index is 1.56. The molecular weight excluding hydrogens is 430 g/mol. The topological polar surface area (TPSA) is 56.8 Å². The second kappa shape index (κ2) is 10.3. The first kappa shape index (κ1) is 23.1. The van der Waals surface area contributed by atoms with Gasteiger partial charge in [0.05, 0.1) is 0 Å². The summed E-state index contributed by atoms with van der Waals surface area (Å²) in [5.41, 5.74) is 1.32. The summed E-state index contributed by atoms with van der Waals surface area (Å²) in [6.07, 6.45) is 0. The van der Waals surface area contributed by atoms with Crippen molar-refractivity contribution in [2.75, 3.05) is 25.1 Å². The number of anilines is 1. The lowest BCUT2D eigenvalue weighted by atomic mass is 10.00. The molecule has 0 heterocycles. The first-order valence-corrected chi connectivity index (χ1v) is 13.1. The summed E-state index contributed by atoms with van der Waals surface area (Å²) in [4.78, 5) is 12.9. The number of nitrogens with one attached hydrogen (secondary N) is 1. The Hall–Kier alpha value is -3.03. The molecule has 0 spiro atoms. The monoisotopic (exact) mass is 459 g/mol. The van der Waals surface area contributed by atoms with Gasteiger partial charge in [-0.1, -0.05) is 54.6 Å². The van der Waals surface area contributed by atoms with E-state index in [9.17, 15) is 4.79 Å². The molecular formula is C27H29NO4Si. The Morgan fingerprint density at radius 2 is 1.33 bits per heavy atom. The van der Waals surface area contributed by atoms with Gasteiger partial charge >= 0.3 is 8.80 Å². The smallest absolute Gasteiger partial charge is 0.370 e. The van der Waals surface area contributed by atoms with Crippen LogP contribution in [0.4, 0.5) is 5.69 Å². The van der Waals surface area contributed by atoms with Gasteiger partial charge < -0.3 is 18.6 Å². The normalized spacial score (nSPS) is 11.7. The van der Waals surface area contributed by atoms with Crippen molar-refractivity contribution in [3.63, 3.8) is 0 Å². The van der Waals surface area contributed by atoms with E-state index < -0.39 is 8.80 Å². The number of carbonyl (C=O) groups excluding carboxylic acids is 1. The molecule has 0 radical (unpaired) electrons. The van der Waals surface area contributed by atoms with Crippen LogP contribution in [0, 0.1) is 0 Å². The Morgan fingerprint density at radius 1 is 0.727 bits per heavy atom. The van der Waals surface area contributed by atoms with E-state index in [0.717, 1.165) is 16.0 Å². The van der Waals surface area contributed by atoms with Crippen LogP contribution < -0.4 is 10.5 Å². The van der Waals surface area contributed by atoms with Crippen LogP contribution in [0.15, 0.2) is 78.9 Å². The van der Waals surface area contributed by atoms with Crippen molar-refractivity contribution in [2.24, 2.45) is 0 Å². The highest BCUT2D eigenvalue weighted by Gasteiger charge is 2.43. The summed E-state index contributed by atoms with van der Waals surface area (Å²) < 4.78 is 17.9. The van der Waals surface area contributed by atoms with Crippen LogP contribution in [0.25, 0.3) is 21.5 Å². The van der Waals surface area contributed by atoms with Gasteiger partial charge in [-0.3, -0.25) is 4.79 Å². The summed E-state index contributed by atoms with van der Waals surface area (Å²) in [7, 11) is -2.96. The van der Waals surface area contributed by atoms with Crippen LogP contribution in [0.5, 0.6) is 0 Å².